The van der Waals surface area contributed by atoms with Crippen LogP contribution in [-0.2, 0) is 9.53 Å². The van der Waals surface area contributed by atoms with Crippen molar-refractivity contribution in [2.75, 3.05) is 27.2 Å². The first kappa shape index (κ1) is 18.3. The molecule has 0 aromatic heterocycles. The number of carbonyl (C=O) groups is 2. The van der Waals surface area contributed by atoms with Crippen LogP contribution in [0, 0.1) is 0 Å². The highest BCUT2D eigenvalue weighted by Gasteiger charge is 2.20. The molecule has 6 nitrogen and oxygen atoms in total. The molecule has 0 atom stereocenters. The summed E-state index contributed by atoms with van der Waals surface area (Å²) >= 11 is 0. The molecular weight excluding hydrogens is 258 g/mol. The first-order valence-electron chi connectivity index (χ1n) is 6.72. The highest BCUT2D eigenvalue weighted by Crippen LogP contribution is 2.08. The molecule has 0 fully saturated rings. The van der Waals surface area contributed by atoms with Crippen LogP contribution in [0.25, 0.3) is 0 Å². The minimum absolute atomic E-state index is 0.0897. The van der Waals surface area contributed by atoms with E-state index in [2.05, 4.69) is 10.6 Å². The van der Waals surface area contributed by atoms with Crippen molar-refractivity contribution in [1.82, 2.24) is 15.5 Å². The Kier molecular flexibility index (Phi) is 7.10. The summed E-state index contributed by atoms with van der Waals surface area (Å²) in [5.41, 5.74) is 0.754. The lowest BCUT2D eigenvalue weighted by Crippen LogP contribution is -2.38. The average molecular weight is 285 g/mol. The highest BCUT2D eigenvalue weighted by atomic mass is 16.6. The lowest BCUT2D eigenvalue weighted by atomic mass is 10.2. The molecule has 0 aromatic carbocycles. The smallest absolute Gasteiger partial charge is 0.408 e. The Bertz CT molecular complexity index is 384. The fourth-order valence-corrected chi connectivity index (χ4v) is 1.54. The van der Waals surface area contributed by atoms with Gasteiger partial charge in [0.1, 0.15) is 11.3 Å². The van der Waals surface area contributed by atoms with Crippen LogP contribution >= 0.6 is 0 Å². The van der Waals surface area contributed by atoms with Crippen LogP contribution in [-0.4, -0.2) is 49.6 Å². The Hall–Kier alpha value is -1.72. The van der Waals surface area contributed by atoms with E-state index in [4.69, 9.17) is 4.74 Å². The van der Waals surface area contributed by atoms with Gasteiger partial charge >= 0.3 is 6.09 Å². The maximum Gasteiger partial charge on any atom is 0.408 e. The van der Waals surface area contributed by atoms with Gasteiger partial charge in [-0.1, -0.05) is 0 Å². The summed E-state index contributed by atoms with van der Waals surface area (Å²) in [5.74, 6) is -0.160. The van der Waals surface area contributed by atoms with Crippen molar-refractivity contribution >= 4 is 11.9 Å². The molecule has 0 aromatic rings. The summed E-state index contributed by atoms with van der Waals surface area (Å²) < 4.78 is 5.09. The van der Waals surface area contributed by atoms with Gasteiger partial charge in [0.25, 0.3) is 0 Å². The Morgan fingerprint density at radius 3 is 2.20 bits per heavy atom. The maximum atomic E-state index is 12.2. The normalized spacial score (nSPS) is 12.3. The van der Waals surface area contributed by atoms with Crippen molar-refractivity contribution in [3.8, 4) is 0 Å². The van der Waals surface area contributed by atoms with Crippen LogP contribution in [0.1, 0.15) is 34.6 Å². The molecular formula is C14H27N3O3. The number of alkyl carbamates (subject to hydrolysis) is 1. The highest BCUT2D eigenvalue weighted by molar-refractivity contribution is 5.98. The molecule has 0 aliphatic heterocycles. The van der Waals surface area contributed by atoms with E-state index in [0.29, 0.717) is 12.2 Å². The van der Waals surface area contributed by atoms with E-state index in [9.17, 15) is 9.59 Å². The number of amides is 1. The Morgan fingerprint density at radius 2 is 1.80 bits per heavy atom. The summed E-state index contributed by atoms with van der Waals surface area (Å²) in [6.45, 7) is 9.71. The number of nitrogens with zero attached hydrogens (tertiary/aromatic N) is 1. The fraction of sp³-hybridized carbons (Fsp3) is 0.714. The lowest BCUT2D eigenvalue weighted by molar-refractivity contribution is -0.116. The van der Waals surface area contributed by atoms with Gasteiger partial charge in [-0.25, -0.2) is 4.79 Å². The number of allylic oxidation sites excluding steroid dienone is 1. The average Bonchev–Trinajstić information content (AvgIpc) is 2.33. The van der Waals surface area contributed by atoms with Gasteiger partial charge in [0.05, 0.1) is 6.54 Å². The molecule has 6 heteroatoms. The summed E-state index contributed by atoms with van der Waals surface area (Å²) in [6.07, 6.45) is -0.591. The number of hydrogen-bond acceptors (Lipinski definition) is 5. The third-order valence-corrected chi connectivity index (χ3v) is 2.64. The van der Waals surface area contributed by atoms with E-state index in [-0.39, 0.29) is 12.3 Å². The number of ketones is 1. The molecule has 0 aliphatic carbocycles. The largest absolute Gasteiger partial charge is 0.444 e. The second-order valence-electron chi connectivity index (χ2n) is 5.52. The SMILES string of the molecule is CCN(C)/C(C(=O)CNC(=O)OC(C)(C)C)=C(/C)NC. The van der Waals surface area contributed by atoms with E-state index in [0.717, 1.165) is 5.70 Å². The monoisotopic (exact) mass is 285 g/mol. The molecule has 0 unspecified atom stereocenters. The number of carbonyl (C=O) groups excluding carboxylic acids is 2. The van der Waals surface area contributed by atoms with Crippen LogP contribution in [0.2, 0.25) is 0 Å². The summed E-state index contributed by atoms with van der Waals surface area (Å²) in [4.78, 5) is 25.6. The molecule has 1 amide bonds. The van der Waals surface area contributed by atoms with Crippen molar-refractivity contribution in [2.24, 2.45) is 0 Å². The van der Waals surface area contributed by atoms with Gasteiger partial charge in [0.15, 0.2) is 5.78 Å². The minimum Gasteiger partial charge on any atom is -0.444 e. The molecule has 0 saturated carbocycles. The van der Waals surface area contributed by atoms with E-state index < -0.39 is 11.7 Å². The zero-order valence-corrected chi connectivity index (χ0v) is 13.6. The molecule has 20 heavy (non-hydrogen) atoms. The molecule has 2 N–H and O–H groups in total. The van der Waals surface area contributed by atoms with Crippen LogP contribution < -0.4 is 10.6 Å². The zero-order valence-electron chi connectivity index (χ0n) is 13.6. The minimum atomic E-state index is -0.591. The second kappa shape index (κ2) is 7.77. The van der Waals surface area contributed by atoms with Crippen LogP contribution in [0.5, 0.6) is 0 Å². The van der Waals surface area contributed by atoms with Gasteiger partial charge in [-0.15, -0.1) is 0 Å². The molecule has 0 saturated heterocycles. The Balaban J connectivity index is 4.69. The molecule has 0 rings (SSSR count). The van der Waals surface area contributed by atoms with Crippen molar-refractivity contribution in [1.29, 1.82) is 0 Å². The number of rotatable bonds is 6. The second-order valence-corrected chi connectivity index (χ2v) is 5.52. The molecule has 0 spiro atoms. The molecule has 0 heterocycles. The third kappa shape index (κ3) is 6.45. The lowest BCUT2D eigenvalue weighted by Gasteiger charge is -2.23. The predicted octanol–water partition coefficient (Wildman–Crippen LogP) is 1.48. The molecule has 116 valence electrons. The zero-order chi connectivity index (χ0) is 15.9. The van der Waals surface area contributed by atoms with E-state index in [1.165, 1.54) is 0 Å². The van der Waals surface area contributed by atoms with E-state index >= 15 is 0 Å². The number of hydrogen-bond donors (Lipinski definition) is 2. The molecule has 0 bridgehead atoms. The van der Waals surface area contributed by atoms with Gasteiger partial charge in [-0.2, -0.15) is 0 Å². The number of Topliss-reactive ketones (excluding diaryl/α,β-unsaturated/α-hetero) is 1. The van der Waals surface area contributed by atoms with Crippen LogP contribution in [0.3, 0.4) is 0 Å². The van der Waals surface area contributed by atoms with Gasteiger partial charge in [-0.05, 0) is 34.6 Å². The first-order chi connectivity index (χ1) is 9.12. The number of likely N-dealkylation sites (N-methyl/N-ethyl adjacent to an activating group) is 1. The van der Waals surface area contributed by atoms with Crippen molar-refractivity contribution in [3.63, 3.8) is 0 Å². The van der Waals surface area contributed by atoms with Gasteiger partial charge in [0, 0.05) is 26.3 Å². The van der Waals surface area contributed by atoms with E-state index in [1.807, 2.05) is 25.8 Å². The number of ether oxygens (including phenoxy) is 1. The Morgan fingerprint density at radius 1 is 1.25 bits per heavy atom. The third-order valence-electron chi connectivity index (χ3n) is 2.64. The molecule has 0 aliphatic rings. The summed E-state index contributed by atoms with van der Waals surface area (Å²) in [6, 6.07) is 0. The maximum absolute atomic E-state index is 12.2. The van der Waals surface area contributed by atoms with Gasteiger partial charge in [-0.3, -0.25) is 4.79 Å². The van der Waals surface area contributed by atoms with Crippen LogP contribution in [0.15, 0.2) is 11.4 Å². The summed E-state index contributed by atoms with van der Waals surface area (Å²) in [5, 5.41) is 5.44. The Labute approximate surface area is 121 Å². The van der Waals surface area contributed by atoms with Crippen LogP contribution in [0.4, 0.5) is 4.79 Å². The van der Waals surface area contributed by atoms with Crippen molar-refractivity contribution < 1.29 is 14.3 Å². The number of nitrogens with one attached hydrogen (secondary N) is 2. The van der Waals surface area contributed by atoms with E-state index in [1.54, 1.807) is 27.8 Å². The van der Waals surface area contributed by atoms with Gasteiger partial charge in [0.2, 0.25) is 0 Å². The predicted molar refractivity (Wildman–Crippen MR) is 79.3 cm³/mol. The first-order valence-corrected chi connectivity index (χ1v) is 6.72. The quantitative estimate of drug-likeness (QED) is 0.723. The molecule has 0 radical (unpaired) electrons. The topological polar surface area (TPSA) is 70.7 Å². The van der Waals surface area contributed by atoms with Crippen molar-refractivity contribution in [3.05, 3.63) is 11.4 Å². The van der Waals surface area contributed by atoms with Crippen molar-refractivity contribution in [2.45, 2.75) is 40.2 Å². The standard InChI is InChI=1S/C14H27N3O3/c1-8-17(7)12(10(2)15-6)11(18)9-16-13(19)20-14(3,4)5/h15H,8-9H2,1-7H3,(H,16,19)/b12-10-. The fourth-order valence-electron chi connectivity index (χ4n) is 1.54. The summed E-state index contributed by atoms with van der Waals surface area (Å²) in [7, 11) is 3.59. The van der Waals surface area contributed by atoms with Gasteiger partial charge < -0.3 is 20.3 Å².